The standard InChI is InChI=1S/C90H165O25P/c1-6-10-14-18-22-25-28-31-32-35-38-40-43-51-57-63-75(94)109-70(66-106-73(92)61-55-50-46-45-48-54-60-69(5)59-53-47-21-17-13-9-4)67-108-116(104,105)115-88-86(113-89-83(102)79(98)77(96)71(65-91)110-89)82(101)81(100)85(112-76(95)64-58-52-44-41-37-34-30-27-24-20-16-12-8-3)87(88)114-90-84(103)80(99)78(97)72(111-90)68-107-74(93)62-56-49-42-39-36-33-29-26-23-19-15-11-7-2/h25,28,34,37,69-72,77-91,96-103H,6-24,26-27,29-33,35-36,38-68H2,1-5H3,(H,104,105)/b28-25-,37-34-. The number of ether oxygens (including phenoxy) is 8. The minimum atomic E-state index is -5.81. The van der Waals surface area contributed by atoms with Gasteiger partial charge in [-0.1, -0.05) is 309 Å². The van der Waals surface area contributed by atoms with Crippen LogP contribution in [0.25, 0.3) is 0 Å². The summed E-state index contributed by atoms with van der Waals surface area (Å²) in [6.07, 6.45) is 26.2. The number of unbranched alkanes of at least 4 members (excludes halogenated alkanes) is 42. The van der Waals surface area contributed by atoms with Crippen molar-refractivity contribution < 1.29 is 122 Å². The number of aliphatic hydroxyl groups is 9. The highest BCUT2D eigenvalue weighted by atomic mass is 31.2. The molecule has 0 radical (unpaired) electrons. The SMILES string of the molecule is CCCCCC/C=C\CCCCCCCCCC(=O)OC(COC(=O)CCCCCCCCC(C)CCCCCCCC)COP(=O)(O)OC1C(OC2OC(CO)C(O)C(O)C2O)C(O)C(O)C(OC(=O)CCCCC/C=C\CCCCCCCC)C1OC1OC(COC(=O)CCCCCCCCCCCCCCC)C(O)C(O)C1O. The first-order valence-electron chi connectivity index (χ1n) is 46.5. The molecular formula is C90H165O25P. The zero-order valence-corrected chi connectivity index (χ0v) is 73.4. The highest BCUT2D eigenvalue weighted by Crippen LogP contribution is 2.49. The van der Waals surface area contributed by atoms with Gasteiger partial charge in [0.15, 0.2) is 24.8 Å². The van der Waals surface area contributed by atoms with Crippen LogP contribution in [0.5, 0.6) is 0 Å². The van der Waals surface area contributed by atoms with Gasteiger partial charge in [-0.2, -0.15) is 0 Å². The van der Waals surface area contributed by atoms with E-state index in [2.05, 4.69) is 58.9 Å². The quantitative estimate of drug-likeness (QED) is 0.00889. The van der Waals surface area contributed by atoms with Gasteiger partial charge in [-0.3, -0.25) is 28.2 Å². The molecule has 2 aliphatic heterocycles. The molecule has 0 spiro atoms. The van der Waals surface area contributed by atoms with E-state index in [1.807, 2.05) is 0 Å². The summed E-state index contributed by atoms with van der Waals surface area (Å²) in [7, 11) is -5.81. The van der Waals surface area contributed by atoms with E-state index >= 15 is 0 Å². The molecule has 0 aromatic carbocycles. The van der Waals surface area contributed by atoms with Crippen molar-refractivity contribution in [3.8, 4) is 0 Å². The molecule has 3 fully saturated rings. The molecule has 2 heterocycles. The van der Waals surface area contributed by atoms with Gasteiger partial charge in [-0.25, -0.2) is 4.57 Å². The monoisotopic (exact) mass is 1680 g/mol. The summed E-state index contributed by atoms with van der Waals surface area (Å²) in [5.74, 6) is -2.30. The van der Waals surface area contributed by atoms with Crippen LogP contribution in [0, 0.1) is 5.92 Å². The van der Waals surface area contributed by atoms with Crippen molar-refractivity contribution in [1.29, 1.82) is 0 Å². The molecule has 680 valence electrons. The Kier molecular flexibility index (Phi) is 63.2. The van der Waals surface area contributed by atoms with Gasteiger partial charge >= 0.3 is 31.7 Å². The summed E-state index contributed by atoms with van der Waals surface area (Å²) in [6, 6.07) is 0. The van der Waals surface area contributed by atoms with Gasteiger partial charge in [0.05, 0.1) is 13.2 Å². The fourth-order valence-electron chi connectivity index (χ4n) is 15.3. The zero-order valence-electron chi connectivity index (χ0n) is 72.5. The summed E-state index contributed by atoms with van der Waals surface area (Å²) in [6.45, 7) is 7.88. The third kappa shape index (κ3) is 48.7. The Bertz CT molecular complexity index is 2530. The number of aliphatic hydroxyl groups excluding tert-OH is 9. The van der Waals surface area contributed by atoms with Crippen molar-refractivity contribution in [2.75, 3.05) is 26.4 Å². The maximum absolute atomic E-state index is 14.9. The summed E-state index contributed by atoms with van der Waals surface area (Å²) < 4.78 is 73.4. The molecule has 19 unspecified atom stereocenters. The van der Waals surface area contributed by atoms with Gasteiger partial charge in [0.1, 0.15) is 92.6 Å². The Labute approximate surface area is 698 Å². The van der Waals surface area contributed by atoms with Crippen LogP contribution in [0.2, 0.25) is 0 Å². The molecule has 1 saturated carbocycles. The number of rotatable bonds is 74. The molecular weight excluding hydrogens is 1510 g/mol. The molecule has 0 amide bonds. The molecule has 0 aromatic heterocycles. The Morgan fingerprint density at radius 1 is 0.362 bits per heavy atom. The number of hydrogen-bond acceptors (Lipinski definition) is 24. The number of phosphoric ester groups is 1. The van der Waals surface area contributed by atoms with Gasteiger partial charge in [0.25, 0.3) is 0 Å². The van der Waals surface area contributed by atoms with E-state index in [1.165, 1.54) is 148 Å². The van der Waals surface area contributed by atoms with E-state index in [1.54, 1.807) is 0 Å². The predicted molar refractivity (Wildman–Crippen MR) is 449 cm³/mol. The average Bonchev–Trinajstić information content (AvgIpc) is 0.754. The average molecular weight is 1680 g/mol. The molecule has 25 nitrogen and oxygen atoms in total. The molecule has 26 heteroatoms. The summed E-state index contributed by atoms with van der Waals surface area (Å²) in [4.78, 5) is 66.4. The van der Waals surface area contributed by atoms with Crippen LogP contribution in [0.15, 0.2) is 24.3 Å². The Morgan fingerprint density at radius 2 is 0.698 bits per heavy atom. The van der Waals surface area contributed by atoms with Gasteiger partial charge in [0, 0.05) is 25.7 Å². The van der Waals surface area contributed by atoms with E-state index in [9.17, 15) is 74.6 Å². The number of hydrogen-bond donors (Lipinski definition) is 10. The second-order valence-electron chi connectivity index (χ2n) is 33.4. The van der Waals surface area contributed by atoms with Crippen molar-refractivity contribution in [2.24, 2.45) is 5.92 Å². The first-order chi connectivity index (χ1) is 56.1. The molecule has 0 bridgehead atoms. The summed E-state index contributed by atoms with van der Waals surface area (Å²) in [5, 5.41) is 102. The molecule has 3 rings (SSSR count). The van der Waals surface area contributed by atoms with Crippen molar-refractivity contribution in [3.05, 3.63) is 24.3 Å². The van der Waals surface area contributed by atoms with Crippen LogP contribution in [-0.4, -0.2) is 205 Å². The smallest absolute Gasteiger partial charge is 0.463 e. The topological polar surface area (TPSA) is 380 Å². The first kappa shape index (κ1) is 107. The third-order valence-electron chi connectivity index (χ3n) is 22.8. The highest BCUT2D eigenvalue weighted by molar-refractivity contribution is 7.47. The molecule has 2 saturated heterocycles. The third-order valence-corrected chi connectivity index (χ3v) is 23.8. The number of phosphoric acid groups is 1. The fourth-order valence-corrected chi connectivity index (χ4v) is 16.3. The van der Waals surface area contributed by atoms with Crippen LogP contribution in [0.1, 0.15) is 388 Å². The van der Waals surface area contributed by atoms with Gasteiger partial charge in [-0.05, 0) is 83.0 Å². The molecule has 10 N–H and O–H groups in total. The molecule has 0 aromatic rings. The lowest BCUT2D eigenvalue weighted by atomic mass is 9.84. The van der Waals surface area contributed by atoms with Crippen molar-refractivity contribution >= 4 is 31.7 Å². The lowest BCUT2D eigenvalue weighted by molar-refractivity contribution is -0.360. The van der Waals surface area contributed by atoms with Gasteiger partial charge < -0.3 is 88.7 Å². The zero-order chi connectivity index (χ0) is 84.8. The minimum absolute atomic E-state index is 0.0151. The fraction of sp³-hybridized carbons (Fsp3) is 0.911. The molecule has 1 aliphatic carbocycles. The van der Waals surface area contributed by atoms with Crippen LogP contribution in [-0.2, 0) is 70.7 Å². The van der Waals surface area contributed by atoms with Crippen molar-refractivity contribution in [2.45, 2.75) is 492 Å². The minimum Gasteiger partial charge on any atom is -0.463 e. The Balaban J connectivity index is 1.93. The maximum atomic E-state index is 14.9. The van der Waals surface area contributed by atoms with Crippen molar-refractivity contribution in [3.63, 3.8) is 0 Å². The highest BCUT2D eigenvalue weighted by Gasteiger charge is 2.60. The van der Waals surface area contributed by atoms with E-state index in [0.717, 1.165) is 135 Å². The van der Waals surface area contributed by atoms with E-state index in [-0.39, 0.29) is 32.1 Å². The molecule has 3 aliphatic rings. The summed E-state index contributed by atoms with van der Waals surface area (Å²) in [5.41, 5.74) is 0. The number of esters is 4. The van der Waals surface area contributed by atoms with Gasteiger partial charge in [-0.15, -0.1) is 0 Å². The first-order valence-corrected chi connectivity index (χ1v) is 48.0. The van der Waals surface area contributed by atoms with E-state index < -0.39 is 162 Å². The number of carbonyl (C=O) groups excluding carboxylic acids is 4. The maximum Gasteiger partial charge on any atom is 0.472 e. The molecule has 19 atom stereocenters. The van der Waals surface area contributed by atoms with Gasteiger partial charge in [0.2, 0.25) is 0 Å². The number of carbonyl (C=O) groups is 4. The predicted octanol–water partition coefficient (Wildman–Crippen LogP) is 16.8. The van der Waals surface area contributed by atoms with E-state index in [0.29, 0.717) is 44.4 Å². The van der Waals surface area contributed by atoms with Crippen LogP contribution < -0.4 is 0 Å². The Morgan fingerprint density at radius 3 is 1.13 bits per heavy atom. The largest absolute Gasteiger partial charge is 0.472 e. The van der Waals surface area contributed by atoms with Crippen LogP contribution in [0.4, 0.5) is 0 Å². The normalized spacial score (nSPS) is 25.5. The van der Waals surface area contributed by atoms with Crippen LogP contribution >= 0.6 is 7.82 Å². The van der Waals surface area contributed by atoms with Crippen LogP contribution in [0.3, 0.4) is 0 Å². The second kappa shape index (κ2) is 68.4. The summed E-state index contributed by atoms with van der Waals surface area (Å²) >= 11 is 0. The second-order valence-corrected chi connectivity index (χ2v) is 34.8. The van der Waals surface area contributed by atoms with Crippen molar-refractivity contribution in [1.82, 2.24) is 0 Å². The molecule has 116 heavy (non-hydrogen) atoms. The lowest BCUT2D eigenvalue weighted by Crippen LogP contribution is -2.70. The lowest BCUT2D eigenvalue weighted by Gasteiger charge is -2.50. The van der Waals surface area contributed by atoms with E-state index in [4.69, 9.17) is 46.9 Å². The number of allylic oxidation sites excluding steroid dienone is 4. The Hall–Kier alpha value is -3.05.